The van der Waals surface area contributed by atoms with Crippen LogP contribution >= 0.6 is 0 Å². The number of benzene rings is 1. The van der Waals surface area contributed by atoms with Crippen molar-refractivity contribution in [1.29, 1.82) is 0 Å². The Hall–Kier alpha value is -1.37. The fraction of sp³-hybridized carbons (Fsp3) is 0.308. The monoisotopic (exact) mass is 184 g/mol. The van der Waals surface area contributed by atoms with E-state index in [0.717, 1.165) is 18.4 Å². The molecule has 0 heterocycles. The number of carbonyl (C=O) groups is 1. The van der Waals surface area contributed by atoms with Gasteiger partial charge in [0.15, 0.2) is 5.78 Å². The molecule has 14 heavy (non-hydrogen) atoms. The van der Waals surface area contributed by atoms with E-state index in [9.17, 15) is 4.79 Å². The molecule has 70 valence electrons. The van der Waals surface area contributed by atoms with Crippen LogP contribution in [-0.2, 0) is 4.79 Å². The summed E-state index contributed by atoms with van der Waals surface area (Å²) in [7, 11) is 0. The lowest BCUT2D eigenvalue weighted by Gasteiger charge is -2.38. The van der Waals surface area contributed by atoms with Gasteiger partial charge in [-0.05, 0) is 29.5 Å². The third-order valence-electron chi connectivity index (χ3n) is 3.54. The van der Waals surface area contributed by atoms with Gasteiger partial charge in [0.1, 0.15) is 0 Å². The summed E-state index contributed by atoms with van der Waals surface area (Å²) >= 11 is 0. The van der Waals surface area contributed by atoms with Crippen LogP contribution in [0, 0.1) is 0 Å². The highest BCUT2D eigenvalue weighted by molar-refractivity contribution is 6.04. The van der Waals surface area contributed by atoms with E-state index in [0.29, 0.717) is 5.92 Å². The molecular formula is C13H12O. The minimum Gasteiger partial charge on any atom is -0.294 e. The first-order chi connectivity index (χ1) is 6.79. The molecule has 4 rings (SSSR count). The van der Waals surface area contributed by atoms with Gasteiger partial charge in [-0.25, -0.2) is 0 Å². The summed E-state index contributed by atoms with van der Waals surface area (Å²) in [4.78, 5) is 11.8. The van der Waals surface area contributed by atoms with Crippen molar-refractivity contribution in [1.82, 2.24) is 0 Å². The van der Waals surface area contributed by atoms with Gasteiger partial charge in [-0.15, -0.1) is 0 Å². The van der Waals surface area contributed by atoms with Gasteiger partial charge < -0.3 is 0 Å². The molecule has 0 N–H and O–H groups in total. The van der Waals surface area contributed by atoms with Crippen LogP contribution < -0.4 is 0 Å². The molecule has 1 heteroatoms. The Balaban J connectivity index is 2.27. The third kappa shape index (κ3) is 0.822. The molecule has 1 aromatic rings. The van der Waals surface area contributed by atoms with Gasteiger partial charge in [0.05, 0.1) is 0 Å². The highest BCUT2D eigenvalue weighted by Crippen LogP contribution is 2.49. The zero-order valence-corrected chi connectivity index (χ0v) is 7.99. The second kappa shape index (κ2) is 2.57. The molecule has 0 unspecified atom stereocenters. The van der Waals surface area contributed by atoms with Crippen LogP contribution in [0.2, 0.25) is 0 Å². The Morgan fingerprint density at radius 3 is 2.36 bits per heavy atom. The number of hydrogen-bond donors (Lipinski definition) is 0. The Morgan fingerprint density at radius 2 is 1.64 bits per heavy atom. The molecule has 1 aromatic carbocycles. The Morgan fingerprint density at radius 1 is 1.07 bits per heavy atom. The SMILES string of the molecule is C=C1C(=O)[C@@H]2CC[C@H]1c1ccccc12. The van der Waals surface area contributed by atoms with Crippen molar-refractivity contribution in [3.63, 3.8) is 0 Å². The first kappa shape index (κ1) is 7.98. The Bertz CT molecular complexity index is 390. The van der Waals surface area contributed by atoms with Crippen molar-refractivity contribution in [2.24, 2.45) is 0 Å². The first-order valence-corrected chi connectivity index (χ1v) is 5.11. The topological polar surface area (TPSA) is 17.1 Å². The zero-order valence-electron chi connectivity index (χ0n) is 7.99. The quantitative estimate of drug-likeness (QED) is 0.567. The number of ketones is 1. The molecule has 0 aromatic heterocycles. The fourth-order valence-corrected chi connectivity index (χ4v) is 2.82. The predicted octanol–water partition coefficient (Wildman–Crippen LogP) is 2.79. The maximum atomic E-state index is 11.8. The first-order valence-electron chi connectivity index (χ1n) is 5.11. The van der Waals surface area contributed by atoms with Crippen molar-refractivity contribution in [3.05, 3.63) is 47.5 Å². The van der Waals surface area contributed by atoms with E-state index >= 15 is 0 Å². The van der Waals surface area contributed by atoms with Crippen LogP contribution in [0.3, 0.4) is 0 Å². The summed E-state index contributed by atoms with van der Waals surface area (Å²) in [6, 6.07) is 8.31. The summed E-state index contributed by atoms with van der Waals surface area (Å²) in [6.45, 7) is 3.93. The summed E-state index contributed by atoms with van der Waals surface area (Å²) in [5.41, 5.74) is 3.43. The zero-order chi connectivity index (χ0) is 9.71. The standard InChI is InChI=1S/C13H12O/c1-8-9-6-7-12(13(8)14)11-5-3-2-4-10(9)11/h2-5,9,12H,1,6-7H2/t9-,12-/m1/s1. The molecule has 3 aliphatic rings. The number of allylic oxidation sites excluding steroid dienone is 1. The smallest absolute Gasteiger partial charge is 0.166 e. The summed E-state index contributed by atoms with van der Waals surface area (Å²) in [5, 5.41) is 0. The average Bonchev–Trinajstić information content (AvgIpc) is 2.24. The van der Waals surface area contributed by atoms with Gasteiger partial charge in [0.2, 0.25) is 0 Å². The summed E-state index contributed by atoms with van der Waals surface area (Å²) in [6.07, 6.45) is 2.12. The van der Waals surface area contributed by atoms with Gasteiger partial charge in [-0.2, -0.15) is 0 Å². The van der Waals surface area contributed by atoms with Gasteiger partial charge in [-0.1, -0.05) is 30.8 Å². The van der Waals surface area contributed by atoms with Crippen molar-refractivity contribution in [3.8, 4) is 0 Å². The molecule has 0 amide bonds. The lowest BCUT2D eigenvalue weighted by Crippen LogP contribution is -2.31. The molecular weight excluding hydrogens is 172 g/mol. The van der Waals surface area contributed by atoms with Crippen molar-refractivity contribution in [2.45, 2.75) is 24.7 Å². The van der Waals surface area contributed by atoms with Crippen molar-refractivity contribution < 1.29 is 4.79 Å². The lowest BCUT2D eigenvalue weighted by molar-refractivity contribution is -0.118. The minimum atomic E-state index is 0.115. The van der Waals surface area contributed by atoms with E-state index in [2.05, 4.69) is 24.8 Å². The number of carbonyl (C=O) groups excluding carboxylic acids is 1. The third-order valence-corrected chi connectivity index (χ3v) is 3.54. The molecule has 0 radical (unpaired) electrons. The number of Topliss-reactive ketones (excluding diaryl/α,β-unsaturated/α-hetero) is 1. The maximum absolute atomic E-state index is 11.8. The normalized spacial score (nSPS) is 29.1. The van der Waals surface area contributed by atoms with Crippen molar-refractivity contribution >= 4 is 5.78 Å². The highest BCUT2D eigenvalue weighted by atomic mass is 16.1. The van der Waals surface area contributed by atoms with Crippen LogP contribution in [0.5, 0.6) is 0 Å². The van der Waals surface area contributed by atoms with E-state index in [4.69, 9.17) is 0 Å². The number of fused-ring (bicyclic) bond motifs is 2. The van der Waals surface area contributed by atoms with E-state index in [1.54, 1.807) is 0 Å². The molecule has 0 spiro atoms. The highest BCUT2D eigenvalue weighted by Gasteiger charge is 2.40. The van der Waals surface area contributed by atoms with Gasteiger partial charge in [0, 0.05) is 11.8 Å². The van der Waals surface area contributed by atoms with Crippen LogP contribution in [0.15, 0.2) is 36.4 Å². The molecule has 1 nitrogen and oxygen atoms in total. The molecule has 2 atom stereocenters. The van der Waals surface area contributed by atoms with Gasteiger partial charge in [0.25, 0.3) is 0 Å². The number of rotatable bonds is 0. The molecule has 1 fully saturated rings. The van der Waals surface area contributed by atoms with E-state index in [1.807, 2.05) is 6.07 Å². The van der Waals surface area contributed by atoms with Crippen LogP contribution in [-0.4, -0.2) is 5.78 Å². The Labute approximate surface area is 83.4 Å². The minimum absolute atomic E-state index is 0.115. The molecule has 0 saturated heterocycles. The van der Waals surface area contributed by atoms with Crippen LogP contribution in [0.1, 0.15) is 35.8 Å². The summed E-state index contributed by atoms with van der Waals surface area (Å²) < 4.78 is 0. The summed E-state index contributed by atoms with van der Waals surface area (Å²) in [5.74, 6) is 0.701. The maximum Gasteiger partial charge on any atom is 0.166 e. The van der Waals surface area contributed by atoms with E-state index < -0.39 is 0 Å². The molecule has 3 aliphatic carbocycles. The van der Waals surface area contributed by atoms with Crippen LogP contribution in [0.4, 0.5) is 0 Å². The van der Waals surface area contributed by atoms with E-state index in [1.165, 1.54) is 11.1 Å². The van der Waals surface area contributed by atoms with Gasteiger partial charge in [-0.3, -0.25) is 4.79 Å². The number of hydrogen-bond acceptors (Lipinski definition) is 1. The lowest BCUT2D eigenvalue weighted by atomic mass is 9.64. The second-order valence-electron chi connectivity index (χ2n) is 4.20. The largest absolute Gasteiger partial charge is 0.294 e. The van der Waals surface area contributed by atoms with Crippen LogP contribution in [0.25, 0.3) is 0 Å². The fourth-order valence-electron chi connectivity index (χ4n) is 2.82. The van der Waals surface area contributed by atoms with E-state index in [-0.39, 0.29) is 11.7 Å². The molecule has 1 saturated carbocycles. The molecule has 0 aliphatic heterocycles. The second-order valence-corrected chi connectivity index (χ2v) is 4.20. The predicted molar refractivity (Wildman–Crippen MR) is 55.3 cm³/mol. The van der Waals surface area contributed by atoms with Gasteiger partial charge >= 0.3 is 0 Å². The van der Waals surface area contributed by atoms with Crippen molar-refractivity contribution in [2.75, 3.05) is 0 Å². The Kier molecular flexibility index (Phi) is 1.46. The average molecular weight is 184 g/mol. The molecule has 2 bridgehead atoms.